The minimum atomic E-state index is -0.536. The maximum absolute atomic E-state index is 12.0. The number of aromatic nitrogens is 2. The minimum Gasteiger partial charge on any atom is -0.393 e. The van der Waals surface area contributed by atoms with E-state index in [1.54, 1.807) is 11.9 Å². The number of aliphatic hydroxyl groups is 1. The molecule has 1 heterocycles. The Morgan fingerprint density at radius 3 is 2.71 bits per heavy atom. The number of aliphatic hydroxyl groups excluding tert-OH is 1. The molecule has 21 heavy (non-hydrogen) atoms. The van der Waals surface area contributed by atoms with Gasteiger partial charge in [0.2, 0.25) is 0 Å². The summed E-state index contributed by atoms with van der Waals surface area (Å²) >= 11 is 0. The van der Waals surface area contributed by atoms with E-state index in [9.17, 15) is 14.7 Å². The molecule has 4 N–H and O–H groups in total. The van der Waals surface area contributed by atoms with Crippen LogP contribution in [0.3, 0.4) is 0 Å². The van der Waals surface area contributed by atoms with Crippen molar-refractivity contribution in [2.45, 2.75) is 25.5 Å². The molecule has 8 nitrogen and oxygen atoms in total. The highest BCUT2D eigenvalue weighted by Gasteiger charge is 2.29. The third-order valence-electron chi connectivity index (χ3n) is 3.86. The number of nitrogens with zero attached hydrogens (tertiary/aromatic N) is 2. The molecule has 0 atom stereocenters. The van der Waals surface area contributed by atoms with Crippen molar-refractivity contribution in [1.82, 2.24) is 9.55 Å². The summed E-state index contributed by atoms with van der Waals surface area (Å²) in [6.45, 7) is 1.22. The largest absolute Gasteiger partial charge is 0.393 e. The molecule has 0 saturated heterocycles. The van der Waals surface area contributed by atoms with Crippen molar-refractivity contribution >= 4 is 11.5 Å². The summed E-state index contributed by atoms with van der Waals surface area (Å²) in [4.78, 5) is 27.8. The van der Waals surface area contributed by atoms with Crippen molar-refractivity contribution in [3.8, 4) is 0 Å². The number of nitrogens with one attached hydrogen (secondary N) is 1. The summed E-state index contributed by atoms with van der Waals surface area (Å²) in [6.07, 6.45) is 1.21. The van der Waals surface area contributed by atoms with Crippen molar-refractivity contribution < 1.29 is 9.84 Å². The number of hydrogen-bond donors (Lipinski definition) is 3. The van der Waals surface area contributed by atoms with Gasteiger partial charge >= 0.3 is 5.69 Å². The molecule has 0 spiro atoms. The fraction of sp³-hybridized carbons (Fsp3) is 0.692. The van der Waals surface area contributed by atoms with E-state index < -0.39 is 11.2 Å². The van der Waals surface area contributed by atoms with Gasteiger partial charge in [-0.05, 0) is 18.8 Å². The van der Waals surface area contributed by atoms with Gasteiger partial charge in [-0.2, -0.15) is 0 Å². The Labute approximate surface area is 122 Å². The van der Waals surface area contributed by atoms with Gasteiger partial charge in [0.05, 0.1) is 19.3 Å². The van der Waals surface area contributed by atoms with Crippen LogP contribution < -0.4 is 21.9 Å². The molecular formula is C13H22N4O4. The zero-order chi connectivity index (χ0) is 15.6. The van der Waals surface area contributed by atoms with Crippen molar-refractivity contribution in [2.24, 2.45) is 5.92 Å². The molecule has 0 aromatic carbocycles. The standard InChI is InChI=1S/C13H22N4O4/c1-16(7-8-5-9(18)6-8)10-11(14)17(3-4-21-2)13(20)15-12(10)19/h8-9,18H,3-7,14H2,1-2H3,(H,15,19,20). The Kier molecular flexibility index (Phi) is 4.69. The highest BCUT2D eigenvalue weighted by atomic mass is 16.5. The number of rotatable bonds is 6. The maximum Gasteiger partial charge on any atom is 0.330 e. The van der Waals surface area contributed by atoms with Crippen LogP contribution in [0, 0.1) is 5.92 Å². The van der Waals surface area contributed by atoms with Crippen LogP contribution in [-0.2, 0) is 11.3 Å². The molecule has 1 aromatic rings. The predicted octanol–water partition coefficient (Wildman–Crippen LogP) is -1.03. The maximum atomic E-state index is 12.0. The monoisotopic (exact) mass is 298 g/mol. The lowest BCUT2D eigenvalue weighted by Crippen LogP contribution is -2.42. The van der Waals surface area contributed by atoms with E-state index in [1.807, 2.05) is 0 Å². The molecule has 1 fully saturated rings. The first-order valence-corrected chi connectivity index (χ1v) is 6.94. The zero-order valence-electron chi connectivity index (χ0n) is 12.3. The average molecular weight is 298 g/mol. The molecule has 0 unspecified atom stereocenters. The molecular weight excluding hydrogens is 276 g/mol. The summed E-state index contributed by atoms with van der Waals surface area (Å²) in [5.41, 5.74) is 5.24. The Morgan fingerprint density at radius 2 is 2.14 bits per heavy atom. The number of ether oxygens (including phenoxy) is 1. The second-order valence-electron chi connectivity index (χ2n) is 5.51. The van der Waals surface area contributed by atoms with Gasteiger partial charge in [0.1, 0.15) is 11.5 Å². The number of nitrogens with two attached hydrogens (primary N) is 1. The SMILES string of the molecule is COCCn1c(N)c(N(C)CC2CC(O)C2)c(=O)[nH]c1=O. The fourth-order valence-corrected chi connectivity index (χ4v) is 2.68. The highest BCUT2D eigenvalue weighted by molar-refractivity contribution is 5.62. The van der Waals surface area contributed by atoms with E-state index in [0.29, 0.717) is 19.1 Å². The third kappa shape index (κ3) is 3.27. The lowest BCUT2D eigenvalue weighted by Gasteiger charge is -2.35. The van der Waals surface area contributed by atoms with Crippen LogP contribution in [0.25, 0.3) is 0 Å². The lowest BCUT2D eigenvalue weighted by molar-refractivity contribution is 0.0464. The Morgan fingerprint density at radius 1 is 1.48 bits per heavy atom. The molecule has 0 aliphatic heterocycles. The van der Waals surface area contributed by atoms with Crippen molar-refractivity contribution in [3.05, 3.63) is 20.8 Å². The average Bonchev–Trinajstić information content (AvgIpc) is 2.36. The number of hydrogen-bond acceptors (Lipinski definition) is 6. The second kappa shape index (κ2) is 6.31. The summed E-state index contributed by atoms with van der Waals surface area (Å²) in [5, 5.41) is 9.32. The van der Waals surface area contributed by atoms with Crippen molar-refractivity contribution in [1.29, 1.82) is 0 Å². The molecule has 0 radical (unpaired) electrons. The summed E-state index contributed by atoms with van der Waals surface area (Å²) in [5.74, 6) is 0.478. The first-order valence-electron chi connectivity index (χ1n) is 6.94. The molecule has 8 heteroatoms. The van der Waals surface area contributed by atoms with Gasteiger partial charge in [-0.25, -0.2) is 4.79 Å². The molecule has 2 rings (SSSR count). The topological polar surface area (TPSA) is 114 Å². The summed E-state index contributed by atoms with van der Waals surface area (Å²) in [6, 6.07) is 0. The third-order valence-corrected chi connectivity index (χ3v) is 3.86. The smallest absolute Gasteiger partial charge is 0.330 e. The van der Waals surface area contributed by atoms with Crippen LogP contribution in [0.15, 0.2) is 9.59 Å². The molecule has 118 valence electrons. The Balaban J connectivity index is 2.25. The second-order valence-corrected chi connectivity index (χ2v) is 5.51. The van der Waals surface area contributed by atoms with Crippen LogP contribution >= 0.6 is 0 Å². The van der Waals surface area contributed by atoms with Crippen molar-refractivity contribution in [3.63, 3.8) is 0 Å². The van der Waals surface area contributed by atoms with E-state index in [4.69, 9.17) is 10.5 Å². The highest BCUT2D eigenvalue weighted by Crippen LogP contribution is 2.29. The van der Waals surface area contributed by atoms with Gasteiger partial charge in [0, 0.05) is 20.7 Å². The molecule has 1 aliphatic rings. The van der Waals surface area contributed by atoms with E-state index in [0.717, 1.165) is 12.8 Å². The van der Waals surface area contributed by atoms with Crippen LogP contribution in [-0.4, -0.2) is 48.1 Å². The quantitative estimate of drug-likeness (QED) is 0.619. The normalized spacial score (nSPS) is 21.1. The molecule has 1 aliphatic carbocycles. The van der Waals surface area contributed by atoms with E-state index in [2.05, 4.69) is 4.98 Å². The van der Waals surface area contributed by atoms with Gasteiger partial charge in [0.25, 0.3) is 5.56 Å². The van der Waals surface area contributed by atoms with E-state index >= 15 is 0 Å². The van der Waals surface area contributed by atoms with Crippen LogP contribution in [0.1, 0.15) is 12.8 Å². The van der Waals surface area contributed by atoms with Gasteiger partial charge in [-0.15, -0.1) is 0 Å². The van der Waals surface area contributed by atoms with Gasteiger partial charge in [-0.3, -0.25) is 14.3 Å². The number of nitrogen functional groups attached to an aromatic ring is 1. The molecule has 0 bridgehead atoms. The molecule has 0 amide bonds. The van der Waals surface area contributed by atoms with E-state index in [-0.39, 0.29) is 24.2 Å². The first kappa shape index (κ1) is 15.6. The fourth-order valence-electron chi connectivity index (χ4n) is 2.68. The zero-order valence-corrected chi connectivity index (χ0v) is 12.3. The molecule has 1 saturated carbocycles. The minimum absolute atomic E-state index is 0.142. The molecule has 1 aromatic heterocycles. The number of anilines is 2. The van der Waals surface area contributed by atoms with Crippen molar-refractivity contribution in [2.75, 3.05) is 37.9 Å². The van der Waals surface area contributed by atoms with Crippen LogP contribution in [0.2, 0.25) is 0 Å². The number of H-pyrrole nitrogens is 1. The summed E-state index contributed by atoms with van der Waals surface area (Å²) < 4.78 is 6.24. The van der Waals surface area contributed by atoms with Gasteiger partial charge < -0.3 is 20.5 Å². The van der Waals surface area contributed by atoms with Crippen LogP contribution in [0.4, 0.5) is 11.5 Å². The lowest BCUT2D eigenvalue weighted by atomic mass is 9.82. The Bertz CT molecular complexity index is 603. The number of aromatic amines is 1. The van der Waals surface area contributed by atoms with E-state index in [1.165, 1.54) is 11.7 Å². The summed E-state index contributed by atoms with van der Waals surface area (Å²) in [7, 11) is 3.29. The Hall–Kier alpha value is -1.80. The van der Waals surface area contributed by atoms with Gasteiger partial charge in [-0.1, -0.05) is 0 Å². The van der Waals surface area contributed by atoms with Gasteiger partial charge in [0.15, 0.2) is 0 Å². The predicted molar refractivity (Wildman–Crippen MR) is 79.6 cm³/mol. The first-order chi connectivity index (χ1) is 9.93. The van der Waals surface area contributed by atoms with Crippen LogP contribution in [0.5, 0.6) is 0 Å². The number of methoxy groups -OCH3 is 1.